The summed E-state index contributed by atoms with van der Waals surface area (Å²) in [5, 5.41) is 18.2. The van der Waals surface area contributed by atoms with E-state index in [-0.39, 0.29) is 28.9 Å². The van der Waals surface area contributed by atoms with Crippen LogP contribution in [-0.4, -0.2) is 56.0 Å². The number of carbonyl (C=O) groups is 1. The Bertz CT molecular complexity index is 2250. The van der Waals surface area contributed by atoms with E-state index in [0.29, 0.717) is 33.1 Å². The standard InChI is InChI=1S/C37H31ClF6N6O2/c1-17-28-29(31(45)35(41)42)34(37(43,44)30(17)28)46-16-27(51)49-26(13-18-11-19(39)14-20(40)12-18)32-22(6-5-21(48-32)9-10-36(2,3)52)23-7-8-25(38)24-15-47-50(4)33(23)24/h5-8,11-12,14-15,26,28,30,35,52H,1,13,16,45H2,2-4H3,(H,49,51). The van der Waals surface area contributed by atoms with Crippen LogP contribution < -0.4 is 11.1 Å². The van der Waals surface area contributed by atoms with Crippen molar-refractivity contribution in [3.05, 3.63) is 106 Å². The van der Waals surface area contributed by atoms with Crippen molar-refractivity contribution in [1.82, 2.24) is 20.1 Å². The number of halogens is 7. The van der Waals surface area contributed by atoms with E-state index in [1.54, 1.807) is 42.2 Å². The molecule has 2 aromatic heterocycles. The maximum absolute atomic E-state index is 15.3. The SMILES string of the molecule is C=C1C2C(=C(N)C(F)F)C(=NCC(=O)NC(Cc3cc(F)cc(F)c3)c3nc(C#CC(C)(C)O)ccc3-c3ccc(Cl)c4cnn(C)c34)C(F)(F)C12. The zero-order valence-electron chi connectivity index (χ0n) is 27.9. The third kappa shape index (κ3) is 7.03. The number of nitrogens with two attached hydrogens (primary N) is 1. The van der Waals surface area contributed by atoms with Crippen LogP contribution in [0.25, 0.3) is 22.0 Å². The summed E-state index contributed by atoms with van der Waals surface area (Å²) in [5.74, 6) is -3.54. The highest BCUT2D eigenvalue weighted by atomic mass is 35.5. The first-order valence-corrected chi connectivity index (χ1v) is 16.3. The molecule has 0 spiro atoms. The molecule has 15 heteroatoms. The van der Waals surface area contributed by atoms with Gasteiger partial charge in [-0.2, -0.15) is 13.9 Å². The number of pyridine rings is 1. The van der Waals surface area contributed by atoms with Crippen LogP contribution in [0.3, 0.4) is 0 Å². The maximum Gasteiger partial charge on any atom is 0.296 e. The molecule has 2 fully saturated rings. The van der Waals surface area contributed by atoms with Crippen LogP contribution in [0.2, 0.25) is 5.02 Å². The number of nitrogens with one attached hydrogen (secondary N) is 1. The van der Waals surface area contributed by atoms with Crippen molar-refractivity contribution in [2.45, 2.75) is 44.3 Å². The Labute approximate surface area is 299 Å². The predicted octanol–water partition coefficient (Wildman–Crippen LogP) is 6.46. The van der Waals surface area contributed by atoms with Gasteiger partial charge < -0.3 is 16.2 Å². The first-order valence-electron chi connectivity index (χ1n) is 15.9. The van der Waals surface area contributed by atoms with Crippen LogP contribution in [0.1, 0.15) is 36.8 Å². The Morgan fingerprint density at radius 1 is 1.17 bits per heavy atom. The minimum Gasteiger partial charge on any atom is -0.397 e. The number of aryl methyl sites for hydroxylation is 1. The first kappa shape index (κ1) is 36.7. The van der Waals surface area contributed by atoms with Crippen molar-refractivity contribution in [3.63, 3.8) is 0 Å². The Balaban J connectivity index is 1.47. The quantitative estimate of drug-likeness (QED) is 0.109. The van der Waals surface area contributed by atoms with Gasteiger partial charge in [0.15, 0.2) is 0 Å². The van der Waals surface area contributed by atoms with Crippen LogP contribution in [0, 0.1) is 35.3 Å². The highest BCUT2D eigenvalue weighted by Crippen LogP contribution is 2.65. The number of aliphatic hydroxyl groups is 1. The van der Waals surface area contributed by atoms with E-state index in [1.807, 2.05) is 0 Å². The minimum absolute atomic E-state index is 0.0466. The zero-order chi connectivity index (χ0) is 37.9. The molecule has 0 radical (unpaired) electrons. The van der Waals surface area contributed by atoms with E-state index in [9.17, 15) is 27.5 Å². The molecule has 3 atom stereocenters. The Morgan fingerprint density at radius 2 is 1.85 bits per heavy atom. The largest absolute Gasteiger partial charge is 0.397 e. The minimum atomic E-state index is -3.69. The van der Waals surface area contributed by atoms with Crippen molar-refractivity contribution in [1.29, 1.82) is 0 Å². The molecule has 4 aromatic rings. The van der Waals surface area contributed by atoms with Gasteiger partial charge in [0.05, 0.1) is 40.1 Å². The zero-order valence-corrected chi connectivity index (χ0v) is 28.7. The fraction of sp³-hybridized carbons (Fsp3) is 0.297. The summed E-state index contributed by atoms with van der Waals surface area (Å²) in [4.78, 5) is 22.1. The van der Waals surface area contributed by atoms with Gasteiger partial charge in [0.2, 0.25) is 5.91 Å². The number of fused-ring (bicyclic) bond motifs is 2. The van der Waals surface area contributed by atoms with Gasteiger partial charge in [-0.05, 0) is 62.1 Å². The number of benzene rings is 2. The topological polar surface area (TPSA) is 118 Å². The lowest BCUT2D eigenvalue weighted by atomic mass is 9.93. The van der Waals surface area contributed by atoms with E-state index in [0.717, 1.165) is 12.1 Å². The second-order valence-electron chi connectivity index (χ2n) is 13.2. The summed E-state index contributed by atoms with van der Waals surface area (Å²) in [6.45, 7) is 5.53. The molecule has 4 N–H and O–H groups in total. The average molecular weight is 741 g/mol. The van der Waals surface area contributed by atoms with Crippen LogP contribution >= 0.6 is 11.6 Å². The average Bonchev–Trinajstić information content (AvgIpc) is 3.45. The fourth-order valence-electron chi connectivity index (χ4n) is 6.51. The summed E-state index contributed by atoms with van der Waals surface area (Å²) >= 11 is 6.46. The van der Waals surface area contributed by atoms with Crippen LogP contribution in [-0.2, 0) is 18.3 Å². The van der Waals surface area contributed by atoms with Gasteiger partial charge in [0.1, 0.15) is 35.2 Å². The number of amides is 1. The fourth-order valence-corrected chi connectivity index (χ4v) is 6.71. The molecule has 2 aromatic carbocycles. The molecule has 270 valence electrons. The molecule has 0 aliphatic heterocycles. The number of aromatic nitrogens is 3. The van der Waals surface area contributed by atoms with Crippen molar-refractivity contribution >= 4 is 34.1 Å². The lowest BCUT2D eigenvalue weighted by Gasteiger charge is -2.23. The Morgan fingerprint density at radius 3 is 2.50 bits per heavy atom. The van der Waals surface area contributed by atoms with Gasteiger partial charge in [0.25, 0.3) is 12.3 Å². The van der Waals surface area contributed by atoms with Crippen LogP contribution in [0.15, 0.2) is 77.1 Å². The molecular weight excluding hydrogens is 710 g/mol. The predicted molar refractivity (Wildman–Crippen MR) is 184 cm³/mol. The number of carbonyl (C=O) groups excluding carboxylic acids is 1. The molecule has 2 aliphatic carbocycles. The molecule has 2 saturated carbocycles. The number of hydrogen-bond acceptors (Lipinski definition) is 6. The van der Waals surface area contributed by atoms with Crippen LogP contribution in [0.5, 0.6) is 0 Å². The Kier molecular flexibility index (Phi) is 9.48. The molecule has 0 bridgehead atoms. The third-order valence-corrected chi connectivity index (χ3v) is 9.14. The number of aliphatic imine (C=N–C) groups is 1. The third-order valence-electron chi connectivity index (χ3n) is 8.81. The van der Waals surface area contributed by atoms with E-state index >= 15 is 8.78 Å². The van der Waals surface area contributed by atoms with E-state index in [1.165, 1.54) is 13.8 Å². The van der Waals surface area contributed by atoms with Crippen molar-refractivity contribution in [2.75, 3.05) is 6.54 Å². The maximum atomic E-state index is 15.3. The van der Waals surface area contributed by atoms with E-state index in [4.69, 9.17) is 22.3 Å². The van der Waals surface area contributed by atoms with Crippen LogP contribution in [0.4, 0.5) is 26.3 Å². The van der Waals surface area contributed by atoms with Crippen molar-refractivity contribution < 1.29 is 36.2 Å². The van der Waals surface area contributed by atoms with Gasteiger partial charge in [-0.1, -0.05) is 35.7 Å². The molecule has 3 unspecified atom stereocenters. The first-order chi connectivity index (χ1) is 24.4. The Hall–Kier alpha value is -5.13. The molecule has 8 nitrogen and oxygen atoms in total. The van der Waals surface area contributed by atoms with Gasteiger partial charge in [0, 0.05) is 41.1 Å². The summed E-state index contributed by atoms with van der Waals surface area (Å²) in [6.07, 6.45) is -1.94. The highest BCUT2D eigenvalue weighted by molar-refractivity contribution is 6.35. The van der Waals surface area contributed by atoms with Gasteiger partial charge in [-0.25, -0.2) is 22.5 Å². The highest BCUT2D eigenvalue weighted by Gasteiger charge is 2.70. The van der Waals surface area contributed by atoms with Crippen molar-refractivity contribution in [2.24, 2.45) is 29.6 Å². The number of alkyl halides is 4. The smallest absolute Gasteiger partial charge is 0.296 e. The van der Waals surface area contributed by atoms with Gasteiger partial charge in [-0.15, -0.1) is 0 Å². The summed E-state index contributed by atoms with van der Waals surface area (Å²) in [5.41, 5.74) is 3.51. The molecular formula is C37H31ClF6N6O2. The van der Waals surface area contributed by atoms with E-state index in [2.05, 4.69) is 33.8 Å². The molecule has 52 heavy (non-hydrogen) atoms. The second-order valence-corrected chi connectivity index (χ2v) is 13.6. The number of nitrogens with zero attached hydrogens (tertiary/aromatic N) is 4. The number of allylic oxidation sites excluding steroid dienone is 3. The molecule has 2 aliphatic rings. The number of hydrogen-bond donors (Lipinski definition) is 3. The normalized spacial score (nSPS) is 20.2. The van der Waals surface area contributed by atoms with E-state index < -0.39 is 76.9 Å². The molecule has 6 rings (SSSR count). The summed E-state index contributed by atoms with van der Waals surface area (Å²) in [6, 6.07) is 8.15. The monoisotopic (exact) mass is 740 g/mol. The lowest BCUT2D eigenvalue weighted by Crippen LogP contribution is -2.35. The summed E-state index contributed by atoms with van der Waals surface area (Å²) in [7, 11) is 1.69. The molecule has 1 amide bonds. The van der Waals surface area contributed by atoms with Gasteiger partial charge >= 0.3 is 0 Å². The van der Waals surface area contributed by atoms with Gasteiger partial charge in [-0.3, -0.25) is 14.5 Å². The second kappa shape index (κ2) is 13.4. The lowest BCUT2D eigenvalue weighted by molar-refractivity contribution is -0.120. The molecule has 0 saturated heterocycles. The summed E-state index contributed by atoms with van der Waals surface area (Å²) < 4.78 is 88.3. The van der Waals surface area contributed by atoms with Crippen molar-refractivity contribution in [3.8, 4) is 23.0 Å². The molecule has 2 heterocycles. The number of rotatable bonds is 8.